The molecule has 0 fully saturated rings. The summed E-state index contributed by atoms with van der Waals surface area (Å²) in [6.07, 6.45) is -0.500. The van der Waals surface area contributed by atoms with Crippen LogP contribution < -0.4 is 0 Å². The number of rotatable bonds is 0. The summed E-state index contributed by atoms with van der Waals surface area (Å²) in [5.74, 6) is 0. The molecule has 0 aliphatic heterocycles. The Kier molecular flexibility index (Phi) is 40.6. The molecule has 0 saturated carbocycles. The molecule has 3 nitrogen and oxygen atoms in total. The first-order chi connectivity index (χ1) is 6.61. The molecule has 0 saturated heterocycles. The Morgan fingerprint density at radius 1 is 0.667 bits per heavy atom. The molecule has 6 heteroatoms. The Bertz CT molecular complexity index is 61.2. The van der Waals surface area contributed by atoms with Gasteiger partial charge in [-0.05, 0) is 41.5 Å². The van der Waals surface area contributed by atoms with Gasteiger partial charge in [0, 0.05) is 18.3 Å². The fourth-order valence-electron chi connectivity index (χ4n) is 0. The predicted molar refractivity (Wildman–Crippen MR) is 63.8 cm³/mol. The molecule has 0 aromatic carbocycles. The van der Waals surface area contributed by atoms with Crippen molar-refractivity contribution in [3.05, 3.63) is 0 Å². The Labute approximate surface area is 109 Å². The van der Waals surface area contributed by atoms with Crippen LogP contribution in [-0.2, 0) is 14.4 Å². The standard InChI is InChI=1S/3C3H8O.2ClH.V/c3*1-3(2)4;;;/h3*3-4H,1-2H3;2*1H;/q;;;;;+2/p-2. The average molecular weight is 302 g/mol. The number of aliphatic hydroxyl groups is 3. The van der Waals surface area contributed by atoms with Crippen molar-refractivity contribution >= 4 is 19.7 Å². The van der Waals surface area contributed by atoms with Gasteiger partial charge in [0.15, 0.2) is 0 Å². The molecule has 0 aliphatic rings. The fraction of sp³-hybridized carbons (Fsp3) is 1.00. The van der Waals surface area contributed by atoms with Crippen molar-refractivity contribution in [3.8, 4) is 0 Å². The van der Waals surface area contributed by atoms with E-state index < -0.39 is 0 Å². The SMILES string of the molecule is CC(C)O.CC(C)O.CC(C)O.[Cl][V][Cl]. The molecular formula is C9H24Cl2O3V. The third-order valence-electron chi connectivity index (χ3n) is 0. The van der Waals surface area contributed by atoms with E-state index in [1.54, 1.807) is 41.5 Å². The number of hydrogen-bond acceptors (Lipinski definition) is 3. The molecule has 0 spiro atoms. The molecule has 0 aromatic rings. The molecule has 15 heavy (non-hydrogen) atoms. The van der Waals surface area contributed by atoms with Crippen LogP contribution in [0.25, 0.3) is 0 Å². The number of halogens is 2. The van der Waals surface area contributed by atoms with Gasteiger partial charge in [0.05, 0.1) is 0 Å². The summed E-state index contributed by atoms with van der Waals surface area (Å²) in [6, 6.07) is 0. The van der Waals surface area contributed by atoms with E-state index in [0.717, 1.165) is 0 Å². The maximum absolute atomic E-state index is 8.06. The molecule has 0 unspecified atom stereocenters. The van der Waals surface area contributed by atoms with Crippen molar-refractivity contribution in [3.63, 3.8) is 0 Å². The van der Waals surface area contributed by atoms with Crippen LogP contribution in [0.15, 0.2) is 0 Å². The van der Waals surface area contributed by atoms with Crippen molar-refractivity contribution in [1.29, 1.82) is 0 Å². The molecule has 0 rings (SSSR count). The second kappa shape index (κ2) is 24.3. The van der Waals surface area contributed by atoms with Gasteiger partial charge in [-0.15, -0.1) is 0 Å². The number of hydrogen-bond donors (Lipinski definition) is 3. The van der Waals surface area contributed by atoms with Gasteiger partial charge in [-0.25, -0.2) is 0 Å². The van der Waals surface area contributed by atoms with E-state index in [0.29, 0.717) is 0 Å². The maximum atomic E-state index is 8.06. The van der Waals surface area contributed by atoms with Crippen LogP contribution in [0.4, 0.5) is 0 Å². The summed E-state index contributed by atoms with van der Waals surface area (Å²) in [4.78, 5) is 0. The van der Waals surface area contributed by atoms with Crippen molar-refractivity contribution in [2.75, 3.05) is 0 Å². The zero-order valence-corrected chi connectivity index (χ0v) is 13.2. The quantitative estimate of drug-likeness (QED) is 0.644. The third kappa shape index (κ3) is 2350. The van der Waals surface area contributed by atoms with Crippen LogP contribution in [-0.4, -0.2) is 33.6 Å². The van der Waals surface area contributed by atoms with E-state index in [1.807, 2.05) is 0 Å². The van der Waals surface area contributed by atoms with Crippen LogP contribution in [0.5, 0.6) is 0 Å². The molecule has 0 aliphatic carbocycles. The second-order valence-electron chi connectivity index (χ2n) is 3.35. The van der Waals surface area contributed by atoms with E-state index >= 15 is 0 Å². The molecule has 0 radical (unpaired) electrons. The van der Waals surface area contributed by atoms with Crippen LogP contribution in [0, 0.1) is 0 Å². The van der Waals surface area contributed by atoms with Crippen molar-refractivity contribution in [1.82, 2.24) is 0 Å². The van der Waals surface area contributed by atoms with Crippen LogP contribution in [0.3, 0.4) is 0 Å². The monoisotopic (exact) mass is 301 g/mol. The predicted octanol–water partition coefficient (Wildman–Crippen LogP) is 2.54. The van der Waals surface area contributed by atoms with Gasteiger partial charge in [0.25, 0.3) is 0 Å². The van der Waals surface area contributed by atoms with E-state index in [-0.39, 0.29) is 32.7 Å². The van der Waals surface area contributed by atoms with Crippen LogP contribution >= 0.6 is 19.7 Å². The molecule has 0 bridgehead atoms. The van der Waals surface area contributed by atoms with Crippen molar-refractivity contribution in [2.24, 2.45) is 0 Å². The van der Waals surface area contributed by atoms with Gasteiger partial charge in [0.1, 0.15) is 0 Å². The van der Waals surface area contributed by atoms with Crippen LogP contribution in [0.2, 0.25) is 0 Å². The van der Waals surface area contributed by atoms with E-state index in [2.05, 4.69) is 0 Å². The molecule has 3 N–H and O–H groups in total. The van der Waals surface area contributed by atoms with Gasteiger partial charge in [-0.1, -0.05) is 0 Å². The zero-order valence-electron chi connectivity index (χ0n) is 10.3. The Morgan fingerprint density at radius 2 is 0.667 bits per heavy atom. The molecule has 97 valence electrons. The molecule has 0 amide bonds. The van der Waals surface area contributed by atoms with Gasteiger partial charge in [-0.3, -0.25) is 0 Å². The van der Waals surface area contributed by atoms with E-state index in [1.165, 1.54) is 0 Å². The summed E-state index contributed by atoms with van der Waals surface area (Å²) in [5.41, 5.74) is 0. The fourth-order valence-corrected chi connectivity index (χ4v) is 0. The normalized spacial score (nSPS) is 8.13. The minimum absolute atomic E-state index is 0.167. The summed E-state index contributed by atoms with van der Waals surface area (Å²) >= 11 is -0.368. The third-order valence-corrected chi connectivity index (χ3v) is 0. The minimum atomic E-state index is -0.368. The second-order valence-corrected chi connectivity index (χ2v) is 5.65. The van der Waals surface area contributed by atoms with E-state index in [9.17, 15) is 0 Å². The van der Waals surface area contributed by atoms with Gasteiger partial charge >= 0.3 is 34.1 Å². The van der Waals surface area contributed by atoms with Crippen molar-refractivity contribution in [2.45, 2.75) is 59.9 Å². The van der Waals surface area contributed by atoms with Gasteiger partial charge in [0.2, 0.25) is 0 Å². The Balaban J connectivity index is -0.0000000542. The summed E-state index contributed by atoms with van der Waals surface area (Å²) in [6.45, 7) is 10.3. The van der Waals surface area contributed by atoms with Crippen molar-refractivity contribution < 1.29 is 29.7 Å². The molecule has 0 aromatic heterocycles. The van der Waals surface area contributed by atoms with Crippen LogP contribution in [0.1, 0.15) is 41.5 Å². The molecular weight excluding hydrogens is 278 g/mol. The number of aliphatic hydroxyl groups excluding tert-OH is 3. The molecule has 0 heterocycles. The first-order valence-corrected chi connectivity index (χ1v) is 8.42. The first kappa shape index (κ1) is 25.0. The average Bonchev–Trinajstić information content (AvgIpc) is 1.81. The summed E-state index contributed by atoms with van der Waals surface area (Å²) < 4.78 is 0. The summed E-state index contributed by atoms with van der Waals surface area (Å²) in [7, 11) is 9.72. The zero-order chi connectivity index (χ0) is 13.4. The Morgan fingerprint density at radius 3 is 0.667 bits per heavy atom. The molecule has 0 atom stereocenters. The topological polar surface area (TPSA) is 60.7 Å². The summed E-state index contributed by atoms with van der Waals surface area (Å²) in [5, 5.41) is 24.2. The first-order valence-electron chi connectivity index (χ1n) is 4.58. The van der Waals surface area contributed by atoms with E-state index in [4.69, 9.17) is 35.0 Å². The van der Waals surface area contributed by atoms with Gasteiger partial charge in [-0.2, -0.15) is 0 Å². The Hall–Kier alpha value is 1.04. The van der Waals surface area contributed by atoms with Gasteiger partial charge < -0.3 is 15.3 Å².